The van der Waals surface area contributed by atoms with Gasteiger partial charge in [-0.15, -0.1) is 0 Å². The van der Waals surface area contributed by atoms with Crippen LogP contribution in [0.1, 0.15) is 19.3 Å². The number of hydrogen-bond donors (Lipinski definition) is 2. The molecule has 1 aliphatic rings. The van der Waals surface area contributed by atoms with Crippen LogP contribution in [0.25, 0.3) is 12.3 Å². The third-order valence-electron chi connectivity index (χ3n) is 2.03. The fraction of sp³-hybridized carbons (Fsp3) is 0.667. The molecule has 1 fully saturated rings. The maximum Gasteiger partial charge on any atom is 2.00 e. The molecule has 8 nitrogen and oxygen atoms in total. The van der Waals surface area contributed by atoms with E-state index < -0.39 is 17.4 Å². The van der Waals surface area contributed by atoms with E-state index in [-0.39, 0.29) is 57.2 Å². The molecule has 1 saturated carbocycles. The minimum atomic E-state index is -1.44. The Hall–Kier alpha value is -0.532. The average molecular weight is 407 g/mol. The van der Waals surface area contributed by atoms with Gasteiger partial charge in [0.05, 0.1) is 0 Å². The van der Waals surface area contributed by atoms with Gasteiger partial charge >= 0.3 is 33.0 Å². The maximum absolute atomic E-state index is 10.4. The Balaban J connectivity index is -0.0000000667. The van der Waals surface area contributed by atoms with Gasteiger partial charge in [0.25, 0.3) is 0 Å². The monoisotopic (exact) mass is 407 g/mol. The topological polar surface area (TPSA) is 205 Å². The number of rotatable bonds is 2. The second kappa shape index (κ2) is 10.0. The average Bonchev–Trinajstić information content (AvgIpc) is 1.57. The number of carboxylic acid groups (broad SMARTS) is 2. The first-order valence-electron chi connectivity index (χ1n) is 3.06. The van der Waals surface area contributed by atoms with Crippen LogP contribution >= 0.6 is 0 Å². The van der Waals surface area contributed by atoms with Crippen molar-refractivity contribution in [3.8, 4) is 0 Å². The molecule has 0 aromatic heterocycles. The SMILES string of the molecule is O.O.O=C(O)C1(C(=O)O)CCC1.[NH2-].[NH2-].[Pt+2]. The van der Waals surface area contributed by atoms with Gasteiger partial charge in [0.2, 0.25) is 0 Å². The van der Waals surface area contributed by atoms with Crippen LogP contribution in [0.3, 0.4) is 0 Å². The molecule has 1 rings (SSSR count). The van der Waals surface area contributed by atoms with Gasteiger partial charge in [-0.05, 0) is 19.3 Å². The first kappa shape index (κ1) is 29.3. The summed E-state index contributed by atoms with van der Waals surface area (Å²) in [6.45, 7) is 0. The first-order chi connectivity index (χ1) is 4.59. The van der Waals surface area contributed by atoms with Crippen LogP contribution in [0.15, 0.2) is 0 Å². The summed E-state index contributed by atoms with van der Waals surface area (Å²) in [6.07, 6.45) is 1.26. The summed E-state index contributed by atoms with van der Waals surface area (Å²) >= 11 is 0. The number of nitrogens with two attached hydrogens (primary N) is 2. The molecule has 0 unspecified atom stereocenters. The van der Waals surface area contributed by atoms with Gasteiger partial charge in [-0.1, -0.05) is 0 Å². The summed E-state index contributed by atoms with van der Waals surface area (Å²) in [4.78, 5) is 20.7. The predicted molar refractivity (Wildman–Crippen MR) is 49.4 cm³/mol. The molecule has 96 valence electrons. The van der Waals surface area contributed by atoms with Crippen molar-refractivity contribution >= 4 is 11.9 Å². The number of hydrogen-bond acceptors (Lipinski definition) is 2. The zero-order valence-corrected chi connectivity index (χ0v) is 10.1. The number of carboxylic acids is 2. The van der Waals surface area contributed by atoms with Crippen molar-refractivity contribution in [3.63, 3.8) is 0 Å². The van der Waals surface area contributed by atoms with Gasteiger partial charge < -0.3 is 33.5 Å². The summed E-state index contributed by atoms with van der Waals surface area (Å²) < 4.78 is 0. The van der Waals surface area contributed by atoms with E-state index in [2.05, 4.69) is 0 Å². The summed E-state index contributed by atoms with van der Waals surface area (Å²) in [6, 6.07) is 0. The Morgan fingerprint density at radius 3 is 1.20 bits per heavy atom. The molecule has 0 bridgehead atoms. The Bertz CT molecular complexity index is 180. The van der Waals surface area contributed by atoms with Crippen molar-refractivity contribution in [1.82, 2.24) is 0 Å². The number of carbonyl (C=O) groups is 2. The van der Waals surface area contributed by atoms with Gasteiger partial charge in [-0.25, -0.2) is 0 Å². The zero-order chi connectivity index (χ0) is 7.78. The van der Waals surface area contributed by atoms with E-state index in [1.54, 1.807) is 0 Å². The van der Waals surface area contributed by atoms with Gasteiger partial charge in [-0.2, -0.15) is 0 Å². The summed E-state index contributed by atoms with van der Waals surface area (Å²) in [7, 11) is 0. The molecule has 0 aliphatic heterocycles. The third-order valence-corrected chi connectivity index (χ3v) is 2.03. The Morgan fingerprint density at radius 2 is 1.20 bits per heavy atom. The summed E-state index contributed by atoms with van der Waals surface area (Å²) in [5.74, 6) is -2.41. The van der Waals surface area contributed by atoms with E-state index in [1.807, 2.05) is 0 Å². The second-order valence-electron chi connectivity index (χ2n) is 2.55. The fourth-order valence-corrected chi connectivity index (χ4v) is 1.05. The van der Waals surface area contributed by atoms with Crippen LogP contribution in [0.2, 0.25) is 0 Å². The van der Waals surface area contributed by atoms with Crippen molar-refractivity contribution in [2.24, 2.45) is 5.41 Å². The molecule has 0 heterocycles. The maximum atomic E-state index is 10.4. The Kier molecular flexibility index (Phi) is 19.5. The fourth-order valence-electron chi connectivity index (χ4n) is 1.05. The van der Waals surface area contributed by atoms with Crippen molar-refractivity contribution < 1.29 is 51.8 Å². The van der Waals surface area contributed by atoms with E-state index in [0.29, 0.717) is 6.42 Å². The zero-order valence-electron chi connectivity index (χ0n) is 7.80. The van der Waals surface area contributed by atoms with Crippen LogP contribution in [0.4, 0.5) is 0 Å². The minimum absolute atomic E-state index is 0. The molecular formula is C6H16N2O6Pt. The summed E-state index contributed by atoms with van der Waals surface area (Å²) in [5.41, 5.74) is -1.44. The quantitative estimate of drug-likeness (QED) is 0.611. The van der Waals surface area contributed by atoms with Crippen molar-refractivity contribution in [1.29, 1.82) is 0 Å². The Morgan fingerprint density at radius 1 is 0.933 bits per heavy atom. The van der Waals surface area contributed by atoms with E-state index in [1.165, 1.54) is 0 Å². The summed E-state index contributed by atoms with van der Waals surface area (Å²) in [5, 5.41) is 16.9. The third kappa shape index (κ3) is 4.67. The van der Waals surface area contributed by atoms with Crippen molar-refractivity contribution in [3.05, 3.63) is 12.3 Å². The normalized spacial score (nSPS) is 14.1. The Labute approximate surface area is 101 Å². The first-order valence-corrected chi connectivity index (χ1v) is 3.06. The van der Waals surface area contributed by atoms with Crippen LogP contribution in [0.5, 0.6) is 0 Å². The minimum Gasteiger partial charge on any atom is -0.693 e. The van der Waals surface area contributed by atoms with Crippen LogP contribution in [0, 0.1) is 5.41 Å². The molecule has 0 radical (unpaired) electrons. The predicted octanol–water partition coefficient (Wildman–Crippen LogP) is 0.108. The van der Waals surface area contributed by atoms with Gasteiger partial charge in [0.1, 0.15) is 0 Å². The molecular weight excluding hydrogens is 391 g/mol. The molecule has 0 atom stereocenters. The molecule has 0 amide bonds. The van der Waals surface area contributed by atoms with Crippen LogP contribution < -0.4 is 0 Å². The van der Waals surface area contributed by atoms with E-state index in [4.69, 9.17) is 10.2 Å². The van der Waals surface area contributed by atoms with Gasteiger partial charge in [0, 0.05) is 0 Å². The van der Waals surface area contributed by atoms with E-state index in [9.17, 15) is 9.59 Å². The van der Waals surface area contributed by atoms with Gasteiger partial charge in [-0.3, -0.25) is 9.59 Å². The molecule has 0 spiro atoms. The van der Waals surface area contributed by atoms with Crippen molar-refractivity contribution in [2.45, 2.75) is 19.3 Å². The molecule has 1 aliphatic carbocycles. The standard InChI is InChI=1S/C6H8O4.2H2N.2H2O.Pt/c7-4(8)6(5(9)10)2-1-3-6;;;;;/h1-3H2,(H,7,8)(H,9,10);4*1H2;/q;2*-1;;;+2. The second-order valence-corrected chi connectivity index (χ2v) is 2.55. The largest absolute Gasteiger partial charge is 2.00 e. The van der Waals surface area contributed by atoms with E-state index in [0.717, 1.165) is 0 Å². The molecule has 15 heavy (non-hydrogen) atoms. The van der Waals surface area contributed by atoms with Crippen LogP contribution in [-0.4, -0.2) is 33.1 Å². The van der Waals surface area contributed by atoms with Crippen LogP contribution in [-0.2, 0) is 30.7 Å². The van der Waals surface area contributed by atoms with E-state index >= 15 is 0 Å². The molecule has 0 aromatic carbocycles. The molecule has 10 N–H and O–H groups in total. The van der Waals surface area contributed by atoms with Gasteiger partial charge in [0.15, 0.2) is 5.41 Å². The molecule has 9 heteroatoms. The van der Waals surface area contributed by atoms with Crippen molar-refractivity contribution in [2.75, 3.05) is 0 Å². The number of aliphatic carboxylic acids is 2. The smallest absolute Gasteiger partial charge is 0.693 e. The molecule has 0 aromatic rings. The molecule has 0 saturated heterocycles.